The highest BCUT2D eigenvalue weighted by atomic mass is 127. The molecule has 0 bridgehead atoms. The molecule has 0 saturated carbocycles. The van der Waals surface area contributed by atoms with E-state index in [1.165, 1.54) is 0 Å². The normalized spacial score (nSPS) is 14.2. The van der Waals surface area contributed by atoms with Crippen LogP contribution in [0, 0.1) is 0 Å². The highest BCUT2D eigenvalue weighted by Gasteiger charge is 2.36. The lowest BCUT2D eigenvalue weighted by Crippen LogP contribution is -2.18. The van der Waals surface area contributed by atoms with Gasteiger partial charge in [-0.1, -0.05) is 0 Å². The molecule has 0 aromatic carbocycles. The molecule has 1 aromatic rings. The monoisotopic (exact) mass is 320 g/mol. The fourth-order valence-electron chi connectivity index (χ4n) is 0.652. The summed E-state index contributed by atoms with van der Waals surface area (Å²) in [5, 5.41) is 9.02. The number of aliphatic hydroxyl groups excluding tert-OH is 1. The van der Waals surface area contributed by atoms with E-state index in [4.69, 9.17) is 16.7 Å². The fourth-order valence-corrected chi connectivity index (χ4v) is 1.11. The molecule has 1 unspecified atom stereocenters. The second-order valence-corrected chi connectivity index (χ2v) is 4.01. The van der Waals surface area contributed by atoms with Gasteiger partial charge in [-0.25, -0.2) is 9.97 Å². The average molecular weight is 320 g/mol. The maximum absolute atomic E-state index is 12.6. The molecular formula is C6H4ClF2IN2O. The van der Waals surface area contributed by atoms with Gasteiger partial charge >= 0.3 is 3.93 Å². The fraction of sp³-hybridized carbons (Fsp3) is 0.333. The third-order valence-electron chi connectivity index (χ3n) is 1.27. The van der Waals surface area contributed by atoms with Gasteiger partial charge in [0, 0.05) is 40.5 Å². The number of hydrogen-bond donors (Lipinski definition) is 1. The minimum absolute atomic E-state index is 0.0484. The molecule has 0 aliphatic carbocycles. The van der Waals surface area contributed by atoms with Crippen LogP contribution in [-0.4, -0.2) is 19.0 Å². The zero-order chi connectivity index (χ0) is 10.1. The number of aliphatic hydroxyl groups is 1. The van der Waals surface area contributed by atoms with Gasteiger partial charge in [0.15, 0.2) is 6.10 Å². The number of halogens is 4. The molecule has 1 N–H and O–H groups in total. The quantitative estimate of drug-likeness (QED) is 0.516. The van der Waals surface area contributed by atoms with Crippen LogP contribution in [0.1, 0.15) is 11.7 Å². The zero-order valence-corrected chi connectivity index (χ0v) is 9.00. The van der Waals surface area contributed by atoms with E-state index in [1.807, 2.05) is 0 Å². The van der Waals surface area contributed by atoms with Crippen molar-refractivity contribution in [3.05, 3.63) is 23.2 Å². The molecule has 13 heavy (non-hydrogen) atoms. The van der Waals surface area contributed by atoms with Crippen LogP contribution in [0.3, 0.4) is 0 Å². The van der Waals surface area contributed by atoms with Crippen LogP contribution in [0.25, 0.3) is 0 Å². The van der Waals surface area contributed by atoms with Gasteiger partial charge in [0.1, 0.15) is 0 Å². The number of hydrogen-bond acceptors (Lipinski definition) is 3. The summed E-state index contributed by atoms with van der Waals surface area (Å²) in [5.74, 6) is 0. The van der Waals surface area contributed by atoms with E-state index in [-0.39, 0.29) is 10.8 Å². The number of alkyl halides is 3. The summed E-state index contributed by atoms with van der Waals surface area (Å²) in [6.07, 6.45) is 0.212. The van der Waals surface area contributed by atoms with Crippen LogP contribution in [0.5, 0.6) is 0 Å². The maximum Gasteiger partial charge on any atom is 0.325 e. The van der Waals surface area contributed by atoms with Crippen molar-refractivity contribution in [2.45, 2.75) is 10.0 Å². The van der Waals surface area contributed by atoms with E-state index < -0.39 is 10.0 Å². The van der Waals surface area contributed by atoms with E-state index in [0.29, 0.717) is 0 Å². The molecule has 0 aliphatic rings. The van der Waals surface area contributed by atoms with Crippen molar-refractivity contribution >= 4 is 34.2 Å². The molecular weight excluding hydrogens is 316 g/mol. The Kier molecular flexibility index (Phi) is 3.36. The molecule has 0 fully saturated rings. The average Bonchev–Trinajstić information content (AvgIpc) is 2.03. The first-order chi connectivity index (χ1) is 5.91. The predicted octanol–water partition coefficient (Wildman–Crippen LogP) is 2.19. The van der Waals surface area contributed by atoms with E-state index in [0.717, 1.165) is 35.0 Å². The van der Waals surface area contributed by atoms with Crippen molar-refractivity contribution in [2.75, 3.05) is 0 Å². The van der Waals surface area contributed by atoms with E-state index >= 15 is 0 Å². The highest BCUT2D eigenvalue weighted by Crippen LogP contribution is 2.36. The minimum Gasteiger partial charge on any atom is -0.381 e. The first kappa shape index (κ1) is 11.0. The van der Waals surface area contributed by atoms with Gasteiger partial charge in [0.05, 0.1) is 0 Å². The lowest BCUT2D eigenvalue weighted by molar-refractivity contribution is -0.0210. The molecule has 7 heteroatoms. The molecule has 1 aromatic heterocycles. The molecule has 1 rings (SSSR count). The Morgan fingerprint density at radius 1 is 1.46 bits per heavy atom. The second kappa shape index (κ2) is 3.97. The van der Waals surface area contributed by atoms with Crippen molar-refractivity contribution in [1.29, 1.82) is 0 Å². The summed E-state index contributed by atoms with van der Waals surface area (Å²) in [4.78, 5) is 6.94. The Balaban J connectivity index is 2.90. The number of rotatable bonds is 2. The van der Waals surface area contributed by atoms with Crippen molar-refractivity contribution < 1.29 is 13.9 Å². The Labute approximate surface area is 91.3 Å². The van der Waals surface area contributed by atoms with Crippen molar-refractivity contribution in [3.63, 3.8) is 0 Å². The summed E-state index contributed by atoms with van der Waals surface area (Å²) < 4.78 is 21.9. The van der Waals surface area contributed by atoms with Crippen molar-refractivity contribution in [3.8, 4) is 0 Å². The highest BCUT2D eigenvalue weighted by molar-refractivity contribution is 14.1. The molecule has 0 radical (unpaired) electrons. The van der Waals surface area contributed by atoms with Crippen molar-refractivity contribution in [2.24, 2.45) is 0 Å². The predicted molar refractivity (Wildman–Crippen MR) is 51.0 cm³/mol. The van der Waals surface area contributed by atoms with Crippen LogP contribution in [-0.2, 0) is 0 Å². The molecule has 0 amide bonds. The largest absolute Gasteiger partial charge is 0.381 e. The molecule has 3 nitrogen and oxygen atoms in total. The summed E-state index contributed by atoms with van der Waals surface area (Å²) in [6, 6.07) is 0. The summed E-state index contributed by atoms with van der Waals surface area (Å²) in [5.41, 5.74) is -0.0659. The second-order valence-electron chi connectivity index (χ2n) is 2.23. The Hall–Kier alpha value is -0.0800. The van der Waals surface area contributed by atoms with Crippen LogP contribution < -0.4 is 0 Å². The van der Waals surface area contributed by atoms with Crippen LogP contribution in [0.4, 0.5) is 8.78 Å². The summed E-state index contributed by atoms with van der Waals surface area (Å²) in [6.45, 7) is 0. The van der Waals surface area contributed by atoms with E-state index in [2.05, 4.69) is 9.97 Å². The lowest BCUT2D eigenvalue weighted by Gasteiger charge is -2.15. The third kappa shape index (κ3) is 2.96. The first-order valence-electron chi connectivity index (χ1n) is 3.13. The van der Waals surface area contributed by atoms with E-state index in [9.17, 15) is 8.78 Å². The SMILES string of the molecule is OC(c1cnc(Cl)nc1)C(F)(F)I. The smallest absolute Gasteiger partial charge is 0.325 e. The van der Waals surface area contributed by atoms with Crippen molar-refractivity contribution in [1.82, 2.24) is 9.97 Å². The topological polar surface area (TPSA) is 46.0 Å². The standard InChI is InChI=1S/C6H4ClF2IN2O/c7-5-11-1-3(2-12-5)4(13)6(8,9)10/h1-2,4,13H. The molecule has 72 valence electrons. The maximum atomic E-state index is 12.6. The van der Waals surface area contributed by atoms with Gasteiger partial charge in [0.2, 0.25) is 5.28 Å². The Bertz CT molecular complexity index is 290. The first-order valence-corrected chi connectivity index (χ1v) is 4.59. The van der Waals surface area contributed by atoms with Gasteiger partial charge in [-0.2, -0.15) is 8.78 Å². The van der Waals surface area contributed by atoms with Crippen LogP contribution in [0.2, 0.25) is 5.28 Å². The Morgan fingerprint density at radius 2 is 1.92 bits per heavy atom. The summed E-state index contributed by atoms with van der Waals surface area (Å²) >= 11 is 6.18. The van der Waals surface area contributed by atoms with Gasteiger partial charge in [0.25, 0.3) is 0 Å². The number of nitrogens with zero attached hydrogens (tertiary/aromatic N) is 2. The van der Waals surface area contributed by atoms with Gasteiger partial charge in [-0.05, 0) is 11.6 Å². The van der Waals surface area contributed by atoms with Crippen LogP contribution in [0.15, 0.2) is 12.4 Å². The lowest BCUT2D eigenvalue weighted by atomic mass is 10.2. The third-order valence-corrected chi connectivity index (χ3v) is 2.05. The van der Waals surface area contributed by atoms with E-state index in [1.54, 1.807) is 0 Å². The molecule has 0 spiro atoms. The summed E-state index contributed by atoms with van der Waals surface area (Å²) in [7, 11) is 0. The van der Waals surface area contributed by atoms with Crippen LogP contribution >= 0.6 is 34.2 Å². The minimum atomic E-state index is -3.24. The Morgan fingerprint density at radius 3 is 2.31 bits per heavy atom. The molecule has 1 atom stereocenters. The zero-order valence-electron chi connectivity index (χ0n) is 6.09. The molecule has 0 saturated heterocycles. The van der Waals surface area contributed by atoms with Gasteiger partial charge in [-0.15, -0.1) is 0 Å². The molecule has 0 aliphatic heterocycles. The number of aromatic nitrogens is 2. The molecule has 1 heterocycles. The van der Waals surface area contributed by atoms with Gasteiger partial charge < -0.3 is 5.11 Å². The van der Waals surface area contributed by atoms with Gasteiger partial charge in [-0.3, -0.25) is 0 Å².